The zero-order valence-electron chi connectivity index (χ0n) is 4.88. The third-order valence-electron chi connectivity index (χ3n) is 0.833. The molecule has 0 amide bonds. The molecule has 0 aliphatic carbocycles. The number of nitriles is 1. The summed E-state index contributed by atoms with van der Waals surface area (Å²) in [5.41, 5.74) is 0.291. The summed E-state index contributed by atoms with van der Waals surface area (Å²) < 4.78 is 4.76. The zero-order valence-corrected chi connectivity index (χ0v) is 4.88. The Morgan fingerprint density at radius 1 is 1.89 bits per heavy atom. The molecule has 0 fully saturated rings. The highest BCUT2D eigenvalue weighted by atomic mass is 16.4. The molecule has 0 spiro atoms. The van der Waals surface area contributed by atoms with E-state index in [0.717, 1.165) is 0 Å². The van der Waals surface area contributed by atoms with E-state index in [-0.39, 0.29) is 0 Å². The molecule has 1 N–H and O–H groups in total. The topological polar surface area (TPSA) is 61.9 Å². The van der Waals surface area contributed by atoms with Gasteiger partial charge in [-0.3, -0.25) is 0 Å². The van der Waals surface area contributed by atoms with E-state index in [4.69, 9.17) is 9.68 Å². The lowest BCUT2D eigenvalue weighted by molar-refractivity contribution is 0.575. The number of anilines is 1. The number of nitrogens with zero attached hydrogens (tertiary/aromatic N) is 2. The number of hydrogen-bond acceptors (Lipinski definition) is 4. The summed E-state index contributed by atoms with van der Waals surface area (Å²) in [6.07, 6.45) is 1.30. The Labute approximate surface area is 52.1 Å². The maximum Gasteiger partial charge on any atom is 0.295 e. The number of rotatable bonds is 1. The van der Waals surface area contributed by atoms with Crippen molar-refractivity contribution in [3.05, 3.63) is 12.0 Å². The largest absolute Gasteiger partial charge is 0.431 e. The van der Waals surface area contributed by atoms with Crippen LogP contribution in [0.4, 0.5) is 6.01 Å². The van der Waals surface area contributed by atoms with Crippen LogP contribution in [0.15, 0.2) is 10.7 Å². The van der Waals surface area contributed by atoms with E-state index in [1.54, 1.807) is 7.05 Å². The molecular weight excluding hydrogens is 118 g/mol. The SMILES string of the molecule is CNc1nc(C#N)co1. The third-order valence-corrected chi connectivity index (χ3v) is 0.833. The maximum absolute atomic E-state index is 8.25. The van der Waals surface area contributed by atoms with E-state index in [2.05, 4.69) is 10.3 Å². The Morgan fingerprint density at radius 3 is 3.00 bits per heavy atom. The Balaban J connectivity index is 2.90. The number of nitrogens with one attached hydrogen (secondary N) is 1. The van der Waals surface area contributed by atoms with E-state index < -0.39 is 0 Å². The molecule has 0 aliphatic heterocycles. The minimum atomic E-state index is 0.291. The molecule has 1 rings (SSSR count). The monoisotopic (exact) mass is 123 g/mol. The molecule has 0 bridgehead atoms. The molecule has 46 valence electrons. The summed E-state index contributed by atoms with van der Waals surface area (Å²) in [6, 6.07) is 2.20. The Kier molecular flexibility index (Phi) is 1.36. The standard InChI is InChI=1S/C5H5N3O/c1-7-5-8-4(2-6)3-9-5/h3H,1H3,(H,7,8). The second-order valence-electron chi connectivity index (χ2n) is 1.40. The van der Waals surface area contributed by atoms with Gasteiger partial charge in [0, 0.05) is 7.05 Å². The molecular formula is C5H5N3O. The fraction of sp³-hybridized carbons (Fsp3) is 0.200. The van der Waals surface area contributed by atoms with Crippen molar-refractivity contribution in [1.82, 2.24) is 4.98 Å². The molecule has 0 unspecified atom stereocenters. The number of aromatic nitrogens is 1. The van der Waals surface area contributed by atoms with Crippen molar-refractivity contribution in [2.45, 2.75) is 0 Å². The van der Waals surface area contributed by atoms with Crippen LogP contribution >= 0.6 is 0 Å². The smallest absolute Gasteiger partial charge is 0.295 e. The molecule has 0 radical (unpaired) electrons. The van der Waals surface area contributed by atoms with E-state index in [0.29, 0.717) is 11.7 Å². The normalized spacial score (nSPS) is 8.44. The van der Waals surface area contributed by atoms with Gasteiger partial charge in [-0.05, 0) is 0 Å². The predicted octanol–water partition coefficient (Wildman–Crippen LogP) is 0.588. The van der Waals surface area contributed by atoms with Gasteiger partial charge in [0.05, 0.1) is 0 Å². The van der Waals surface area contributed by atoms with E-state index in [9.17, 15) is 0 Å². The molecule has 0 aromatic carbocycles. The lowest BCUT2D eigenvalue weighted by Crippen LogP contribution is -1.86. The van der Waals surface area contributed by atoms with E-state index >= 15 is 0 Å². The fourth-order valence-corrected chi connectivity index (χ4v) is 0.440. The van der Waals surface area contributed by atoms with Crippen LogP contribution in [0.1, 0.15) is 5.69 Å². The van der Waals surface area contributed by atoms with Crippen molar-refractivity contribution in [2.75, 3.05) is 12.4 Å². The summed E-state index contributed by atoms with van der Waals surface area (Å²) in [5, 5.41) is 10.9. The molecule has 0 aliphatic rings. The number of oxazole rings is 1. The van der Waals surface area contributed by atoms with Crippen LogP contribution in [-0.4, -0.2) is 12.0 Å². The van der Waals surface area contributed by atoms with Crippen molar-refractivity contribution >= 4 is 6.01 Å². The Bertz CT molecular complexity index is 235. The van der Waals surface area contributed by atoms with Crippen molar-refractivity contribution in [3.63, 3.8) is 0 Å². The van der Waals surface area contributed by atoms with Gasteiger partial charge >= 0.3 is 0 Å². The molecule has 0 saturated carbocycles. The van der Waals surface area contributed by atoms with Gasteiger partial charge < -0.3 is 9.73 Å². The fourth-order valence-electron chi connectivity index (χ4n) is 0.440. The van der Waals surface area contributed by atoms with Crippen LogP contribution in [0.25, 0.3) is 0 Å². The van der Waals surface area contributed by atoms with Crippen LogP contribution < -0.4 is 5.32 Å². The van der Waals surface area contributed by atoms with Crippen LogP contribution in [0, 0.1) is 11.3 Å². The molecule has 0 atom stereocenters. The highest BCUT2D eigenvalue weighted by Crippen LogP contribution is 2.03. The van der Waals surface area contributed by atoms with Gasteiger partial charge in [-0.15, -0.1) is 0 Å². The van der Waals surface area contributed by atoms with Crippen molar-refractivity contribution in [3.8, 4) is 6.07 Å². The minimum Gasteiger partial charge on any atom is -0.431 e. The summed E-state index contributed by atoms with van der Waals surface area (Å²) in [4.78, 5) is 3.71. The summed E-state index contributed by atoms with van der Waals surface area (Å²) in [6.45, 7) is 0. The van der Waals surface area contributed by atoms with Crippen LogP contribution in [0.2, 0.25) is 0 Å². The first-order valence-corrected chi connectivity index (χ1v) is 2.40. The Hall–Kier alpha value is -1.50. The molecule has 9 heavy (non-hydrogen) atoms. The average Bonchev–Trinajstić information content (AvgIpc) is 2.34. The third kappa shape index (κ3) is 0.995. The first-order valence-electron chi connectivity index (χ1n) is 2.40. The summed E-state index contributed by atoms with van der Waals surface area (Å²) in [5.74, 6) is 0. The lowest BCUT2D eigenvalue weighted by Gasteiger charge is -1.83. The highest BCUT2D eigenvalue weighted by Gasteiger charge is 1.97. The van der Waals surface area contributed by atoms with Crippen LogP contribution in [0.3, 0.4) is 0 Å². The second-order valence-corrected chi connectivity index (χ2v) is 1.40. The molecule has 4 heteroatoms. The maximum atomic E-state index is 8.25. The minimum absolute atomic E-state index is 0.291. The predicted molar refractivity (Wildman–Crippen MR) is 30.8 cm³/mol. The molecule has 1 aromatic rings. The van der Waals surface area contributed by atoms with Gasteiger partial charge in [0.1, 0.15) is 12.3 Å². The zero-order chi connectivity index (χ0) is 6.69. The first-order chi connectivity index (χ1) is 4.36. The van der Waals surface area contributed by atoms with Gasteiger partial charge in [0.15, 0.2) is 5.69 Å². The molecule has 1 heterocycles. The number of hydrogen-bond donors (Lipinski definition) is 1. The first kappa shape index (κ1) is 5.63. The molecule has 4 nitrogen and oxygen atoms in total. The van der Waals surface area contributed by atoms with Gasteiger partial charge in [-0.2, -0.15) is 10.2 Å². The van der Waals surface area contributed by atoms with E-state index in [1.165, 1.54) is 6.26 Å². The highest BCUT2D eigenvalue weighted by molar-refractivity contribution is 5.25. The van der Waals surface area contributed by atoms with Gasteiger partial charge in [0.2, 0.25) is 0 Å². The summed E-state index contributed by atoms with van der Waals surface area (Å²) >= 11 is 0. The van der Waals surface area contributed by atoms with Crippen molar-refractivity contribution < 1.29 is 4.42 Å². The van der Waals surface area contributed by atoms with Crippen LogP contribution in [-0.2, 0) is 0 Å². The average molecular weight is 123 g/mol. The molecule has 0 saturated heterocycles. The molecule has 1 aromatic heterocycles. The van der Waals surface area contributed by atoms with Gasteiger partial charge in [-0.25, -0.2) is 0 Å². The lowest BCUT2D eigenvalue weighted by atomic mass is 10.6. The van der Waals surface area contributed by atoms with E-state index in [1.807, 2.05) is 6.07 Å². The quantitative estimate of drug-likeness (QED) is 0.593. The van der Waals surface area contributed by atoms with Crippen molar-refractivity contribution in [2.24, 2.45) is 0 Å². The van der Waals surface area contributed by atoms with Gasteiger partial charge in [0.25, 0.3) is 6.01 Å². The van der Waals surface area contributed by atoms with Gasteiger partial charge in [-0.1, -0.05) is 0 Å². The Morgan fingerprint density at radius 2 is 2.67 bits per heavy atom. The van der Waals surface area contributed by atoms with Crippen molar-refractivity contribution in [1.29, 1.82) is 5.26 Å². The summed E-state index contributed by atoms with van der Waals surface area (Å²) in [7, 11) is 1.67. The van der Waals surface area contributed by atoms with Crippen LogP contribution in [0.5, 0.6) is 0 Å². The second kappa shape index (κ2) is 2.18.